The minimum atomic E-state index is -1.06. The van der Waals surface area contributed by atoms with Gasteiger partial charge in [0, 0.05) is 18.7 Å². The summed E-state index contributed by atoms with van der Waals surface area (Å²) in [6.07, 6.45) is 0.824. The van der Waals surface area contributed by atoms with E-state index in [-0.39, 0.29) is 12.5 Å². The van der Waals surface area contributed by atoms with Gasteiger partial charge < -0.3 is 10.6 Å². The van der Waals surface area contributed by atoms with E-state index in [4.69, 9.17) is 0 Å². The average molecular weight is 274 g/mol. The highest BCUT2D eigenvalue weighted by Gasteiger charge is 2.12. The molecule has 0 spiro atoms. The van der Waals surface area contributed by atoms with Gasteiger partial charge in [-0.1, -0.05) is 13.8 Å². The summed E-state index contributed by atoms with van der Waals surface area (Å²) in [7, 11) is 0. The molecule has 0 saturated heterocycles. The summed E-state index contributed by atoms with van der Waals surface area (Å²) >= 11 is 0. The molecule has 106 valence electrons. The van der Waals surface area contributed by atoms with Gasteiger partial charge in [0.1, 0.15) is 11.5 Å². The monoisotopic (exact) mass is 274 g/mol. The molecule has 0 aliphatic rings. The highest BCUT2D eigenvalue weighted by Crippen LogP contribution is 2.19. The third-order valence-electron chi connectivity index (χ3n) is 2.48. The lowest BCUT2D eigenvalue weighted by Gasteiger charge is -2.10. The number of benzene rings is 1. The van der Waals surface area contributed by atoms with Crippen LogP contribution in [-0.4, -0.2) is 19.0 Å². The summed E-state index contributed by atoms with van der Waals surface area (Å²) in [5, 5.41) is 4.93. The third kappa shape index (κ3) is 5.19. The quantitative estimate of drug-likeness (QED) is 0.837. The molecule has 0 radical (unpaired) electrons. The first-order valence-electron chi connectivity index (χ1n) is 6.05. The van der Waals surface area contributed by atoms with Crippen LogP contribution in [0.1, 0.15) is 20.3 Å². The number of carbonyl (C=O) groups is 1. The molecule has 2 N–H and O–H groups in total. The topological polar surface area (TPSA) is 41.1 Å². The van der Waals surface area contributed by atoms with Gasteiger partial charge in [-0.15, -0.1) is 0 Å². The van der Waals surface area contributed by atoms with Gasteiger partial charge in [-0.25, -0.2) is 13.2 Å². The first-order valence-corrected chi connectivity index (χ1v) is 6.05. The van der Waals surface area contributed by atoms with Crippen molar-refractivity contribution in [1.82, 2.24) is 5.32 Å². The van der Waals surface area contributed by atoms with Crippen LogP contribution in [0.4, 0.5) is 18.9 Å². The Morgan fingerprint density at radius 2 is 1.79 bits per heavy atom. The van der Waals surface area contributed by atoms with E-state index >= 15 is 0 Å². The highest BCUT2D eigenvalue weighted by molar-refractivity contribution is 5.80. The average Bonchev–Trinajstić information content (AvgIpc) is 2.26. The van der Waals surface area contributed by atoms with Crippen molar-refractivity contribution in [3.63, 3.8) is 0 Å². The molecular formula is C13H17F3N2O. The Hall–Kier alpha value is -1.72. The molecule has 0 fully saturated rings. The smallest absolute Gasteiger partial charge is 0.239 e. The predicted molar refractivity (Wildman–Crippen MR) is 67.3 cm³/mol. The molecule has 0 aliphatic carbocycles. The molecule has 0 bridgehead atoms. The number of rotatable bonds is 6. The Balaban J connectivity index is 2.46. The van der Waals surface area contributed by atoms with Gasteiger partial charge in [-0.3, -0.25) is 4.79 Å². The van der Waals surface area contributed by atoms with Gasteiger partial charge >= 0.3 is 0 Å². The van der Waals surface area contributed by atoms with Crippen LogP contribution in [-0.2, 0) is 4.79 Å². The van der Waals surface area contributed by atoms with Crippen LogP contribution in [0, 0.1) is 23.4 Å². The maximum Gasteiger partial charge on any atom is 0.239 e. The second kappa shape index (κ2) is 7.01. The van der Waals surface area contributed by atoms with Crippen LogP contribution < -0.4 is 10.6 Å². The zero-order valence-corrected chi connectivity index (χ0v) is 10.9. The molecule has 6 heteroatoms. The maximum absolute atomic E-state index is 13.2. The van der Waals surface area contributed by atoms with Crippen LogP contribution in [0.25, 0.3) is 0 Å². The van der Waals surface area contributed by atoms with E-state index < -0.39 is 23.1 Å². The first-order chi connectivity index (χ1) is 8.90. The molecule has 0 atom stereocenters. The lowest BCUT2D eigenvalue weighted by Crippen LogP contribution is -2.31. The minimum Gasteiger partial charge on any atom is -0.371 e. The van der Waals surface area contributed by atoms with E-state index in [1.807, 2.05) is 13.8 Å². The van der Waals surface area contributed by atoms with Crippen molar-refractivity contribution in [3.8, 4) is 0 Å². The minimum absolute atomic E-state index is 0.266. The zero-order valence-electron chi connectivity index (χ0n) is 10.9. The number of amides is 1. The largest absolute Gasteiger partial charge is 0.371 e. The van der Waals surface area contributed by atoms with Crippen LogP contribution in [0.5, 0.6) is 0 Å². The van der Waals surface area contributed by atoms with Crippen molar-refractivity contribution in [1.29, 1.82) is 0 Å². The molecule has 19 heavy (non-hydrogen) atoms. The van der Waals surface area contributed by atoms with Crippen LogP contribution in [0.3, 0.4) is 0 Å². The standard InChI is InChI=1S/C13H17F3N2O/c1-8(2)3-4-17-12(19)7-18-13-10(15)5-9(14)6-11(13)16/h5-6,8,18H,3-4,7H2,1-2H3,(H,17,19). The lowest BCUT2D eigenvalue weighted by atomic mass is 10.1. The number of halogens is 3. The van der Waals surface area contributed by atoms with Crippen LogP contribution in [0.2, 0.25) is 0 Å². The van der Waals surface area contributed by atoms with Crippen molar-refractivity contribution in [2.45, 2.75) is 20.3 Å². The molecule has 0 heterocycles. The fourth-order valence-corrected chi connectivity index (χ4v) is 1.44. The lowest BCUT2D eigenvalue weighted by molar-refractivity contribution is -0.119. The second-order valence-corrected chi connectivity index (χ2v) is 4.63. The van der Waals surface area contributed by atoms with Gasteiger partial charge in [0.15, 0.2) is 11.6 Å². The van der Waals surface area contributed by atoms with Crippen LogP contribution in [0.15, 0.2) is 12.1 Å². The van der Waals surface area contributed by atoms with E-state index in [1.54, 1.807) is 0 Å². The third-order valence-corrected chi connectivity index (χ3v) is 2.48. The second-order valence-electron chi connectivity index (χ2n) is 4.63. The molecule has 3 nitrogen and oxygen atoms in total. The van der Waals surface area contributed by atoms with Gasteiger partial charge in [0.2, 0.25) is 5.91 Å². The number of anilines is 1. The van der Waals surface area contributed by atoms with Crippen LogP contribution >= 0.6 is 0 Å². The van der Waals surface area contributed by atoms with Crippen molar-refractivity contribution in [2.24, 2.45) is 5.92 Å². The fourth-order valence-electron chi connectivity index (χ4n) is 1.44. The van der Waals surface area contributed by atoms with Crippen molar-refractivity contribution < 1.29 is 18.0 Å². The molecular weight excluding hydrogens is 257 g/mol. The van der Waals surface area contributed by atoms with Gasteiger partial charge in [0.05, 0.1) is 6.54 Å². The summed E-state index contributed by atoms with van der Waals surface area (Å²) in [5.41, 5.74) is -0.500. The fraction of sp³-hybridized carbons (Fsp3) is 0.462. The Labute approximate surface area is 110 Å². The Morgan fingerprint density at radius 1 is 1.21 bits per heavy atom. The molecule has 1 aromatic carbocycles. The molecule has 1 amide bonds. The Kier molecular flexibility index (Phi) is 5.66. The van der Waals surface area contributed by atoms with Crippen molar-refractivity contribution in [3.05, 3.63) is 29.6 Å². The van der Waals surface area contributed by atoms with E-state index in [9.17, 15) is 18.0 Å². The number of hydrogen-bond acceptors (Lipinski definition) is 2. The summed E-state index contributed by atoms with van der Waals surface area (Å²) in [6, 6.07) is 1.12. The van der Waals surface area contributed by atoms with Crippen molar-refractivity contribution >= 4 is 11.6 Å². The molecule has 0 aliphatic heterocycles. The molecule has 0 unspecified atom stereocenters. The molecule has 1 rings (SSSR count). The molecule has 0 aromatic heterocycles. The summed E-state index contributed by atoms with van der Waals surface area (Å²) in [5.74, 6) is -3.04. The van der Waals surface area contributed by atoms with Gasteiger partial charge in [-0.05, 0) is 12.3 Å². The SMILES string of the molecule is CC(C)CCNC(=O)CNc1c(F)cc(F)cc1F. The summed E-state index contributed by atoms with van der Waals surface area (Å²) in [6.45, 7) is 4.28. The summed E-state index contributed by atoms with van der Waals surface area (Å²) in [4.78, 5) is 11.4. The van der Waals surface area contributed by atoms with Crippen molar-refractivity contribution in [2.75, 3.05) is 18.4 Å². The van der Waals surface area contributed by atoms with E-state index in [0.29, 0.717) is 24.6 Å². The van der Waals surface area contributed by atoms with E-state index in [2.05, 4.69) is 10.6 Å². The van der Waals surface area contributed by atoms with Gasteiger partial charge in [-0.2, -0.15) is 0 Å². The maximum atomic E-state index is 13.2. The number of nitrogens with one attached hydrogen (secondary N) is 2. The first kappa shape index (κ1) is 15.3. The Bertz CT molecular complexity index is 427. The van der Waals surface area contributed by atoms with E-state index in [0.717, 1.165) is 6.42 Å². The van der Waals surface area contributed by atoms with Gasteiger partial charge in [0.25, 0.3) is 0 Å². The number of hydrogen-bond donors (Lipinski definition) is 2. The Morgan fingerprint density at radius 3 is 2.32 bits per heavy atom. The normalized spacial score (nSPS) is 10.6. The molecule has 0 saturated carbocycles. The van der Waals surface area contributed by atoms with E-state index in [1.165, 1.54) is 0 Å². The molecule has 1 aromatic rings. The number of carbonyl (C=O) groups excluding carboxylic acids is 1. The highest BCUT2D eigenvalue weighted by atomic mass is 19.1. The predicted octanol–water partition coefficient (Wildman–Crippen LogP) is 2.68. The zero-order chi connectivity index (χ0) is 14.4. The summed E-state index contributed by atoms with van der Waals surface area (Å²) < 4.78 is 39.2.